The van der Waals surface area contributed by atoms with Crippen molar-refractivity contribution in [1.82, 2.24) is 0 Å². The minimum atomic E-state index is 0.832. The maximum atomic E-state index is 5.06. The molecule has 0 saturated carbocycles. The standard InChI is InChI=1S/C27H20N2/c1-2-12-22(13-3-1)27(28-25-18-8-14-20-10-4-6-16-23(20)25)29-26-19-9-15-21-11-5-7-17-24(21)26/h1-19H,(H,28,29). The molecular weight excluding hydrogens is 352 g/mol. The van der Waals surface area contributed by atoms with Crippen LogP contribution in [0.1, 0.15) is 5.56 Å². The van der Waals surface area contributed by atoms with Crippen LogP contribution in [0, 0.1) is 0 Å². The first-order valence-electron chi connectivity index (χ1n) is 9.75. The summed E-state index contributed by atoms with van der Waals surface area (Å²) in [6.07, 6.45) is 0. The van der Waals surface area contributed by atoms with Gasteiger partial charge in [0.05, 0.1) is 5.69 Å². The molecule has 0 unspecified atom stereocenters. The van der Waals surface area contributed by atoms with E-state index in [1.165, 1.54) is 16.2 Å². The van der Waals surface area contributed by atoms with Crippen LogP contribution in [0.4, 0.5) is 11.4 Å². The number of hydrogen-bond donors (Lipinski definition) is 1. The summed E-state index contributed by atoms with van der Waals surface area (Å²) in [7, 11) is 0. The van der Waals surface area contributed by atoms with Crippen molar-refractivity contribution in [1.29, 1.82) is 0 Å². The zero-order valence-electron chi connectivity index (χ0n) is 15.9. The fourth-order valence-corrected chi connectivity index (χ4v) is 3.65. The molecule has 0 atom stereocenters. The molecule has 0 aliphatic carbocycles. The topological polar surface area (TPSA) is 24.4 Å². The zero-order chi connectivity index (χ0) is 19.5. The first-order chi connectivity index (χ1) is 14.4. The monoisotopic (exact) mass is 372 g/mol. The minimum absolute atomic E-state index is 0.832. The third kappa shape index (κ3) is 3.48. The van der Waals surface area contributed by atoms with Gasteiger partial charge < -0.3 is 5.32 Å². The Balaban J connectivity index is 1.67. The van der Waals surface area contributed by atoms with Gasteiger partial charge in [0.2, 0.25) is 0 Å². The molecule has 1 N–H and O–H groups in total. The van der Waals surface area contributed by atoms with Crippen molar-refractivity contribution < 1.29 is 0 Å². The SMILES string of the molecule is c1ccc(C(=Nc2cccc3ccccc23)Nc2cccc3ccccc23)cc1. The molecule has 2 nitrogen and oxygen atoms in total. The van der Waals surface area contributed by atoms with Gasteiger partial charge in [-0.25, -0.2) is 4.99 Å². The Morgan fingerprint density at radius 1 is 0.517 bits per heavy atom. The van der Waals surface area contributed by atoms with Crippen LogP contribution in [0.5, 0.6) is 0 Å². The molecular formula is C27H20N2. The molecule has 0 aliphatic rings. The van der Waals surface area contributed by atoms with Crippen LogP contribution in [-0.2, 0) is 0 Å². The molecule has 0 amide bonds. The highest BCUT2D eigenvalue weighted by Gasteiger charge is 2.08. The predicted molar refractivity (Wildman–Crippen MR) is 124 cm³/mol. The van der Waals surface area contributed by atoms with E-state index in [0.717, 1.165) is 28.2 Å². The number of rotatable bonds is 3. The van der Waals surface area contributed by atoms with Crippen LogP contribution in [-0.4, -0.2) is 5.84 Å². The Morgan fingerprint density at radius 2 is 1.10 bits per heavy atom. The lowest BCUT2D eigenvalue weighted by atomic mass is 10.1. The Labute approximate surface area is 170 Å². The summed E-state index contributed by atoms with van der Waals surface area (Å²) < 4.78 is 0. The van der Waals surface area contributed by atoms with Crippen molar-refractivity contribution in [3.05, 3.63) is 121 Å². The summed E-state index contributed by atoms with van der Waals surface area (Å²) in [5, 5.41) is 8.31. The number of aliphatic imine (C=N–C) groups is 1. The second-order valence-electron chi connectivity index (χ2n) is 6.98. The first-order valence-corrected chi connectivity index (χ1v) is 9.75. The van der Waals surface area contributed by atoms with Crippen molar-refractivity contribution >= 4 is 38.8 Å². The predicted octanol–water partition coefficient (Wildman–Crippen LogP) is 7.18. The molecule has 138 valence electrons. The summed E-state index contributed by atoms with van der Waals surface area (Å²) in [6.45, 7) is 0. The van der Waals surface area contributed by atoms with Gasteiger partial charge in [0.1, 0.15) is 5.84 Å². The third-order valence-electron chi connectivity index (χ3n) is 5.09. The summed E-state index contributed by atoms with van der Waals surface area (Å²) in [5.41, 5.74) is 3.05. The van der Waals surface area contributed by atoms with Gasteiger partial charge in [0.25, 0.3) is 0 Å². The van der Waals surface area contributed by atoms with E-state index in [1.807, 2.05) is 18.2 Å². The van der Waals surface area contributed by atoms with Crippen molar-refractivity contribution in [3.8, 4) is 0 Å². The Morgan fingerprint density at radius 3 is 1.90 bits per heavy atom. The zero-order valence-corrected chi connectivity index (χ0v) is 15.9. The van der Waals surface area contributed by atoms with Gasteiger partial charge in [-0.3, -0.25) is 0 Å². The van der Waals surface area contributed by atoms with Gasteiger partial charge in [-0.15, -0.1) is 0 Å². The molecule has 0 saturated heterocycles. The molecule has 0 heterocycles. The second-order valence-corrected chi connectivity index (χ2v) is 6.98. The van der Waals surface area contributed by atoms with Crippen LogP contribution in [0.25, 0.3) is 21.5 Å². The fraction of sp³-hybridized carbons (Fsp3) is 0. The van der Waals surface area contributed by atoms with E-state index >= 15 is 0 Å². The molecule has 0 radical (unpaired) electrons. The van der Waals surface area contributed by atoms with Crippen molar-refractivity contribution in [2.24, 2.45) is 4.99 Å². The highest BCUT2D eigenvalue weighted by Crippen LogP contribution is 2.28. The van der Waals surface area contributed by atoms with E-state index in [2.05, 4.69) is 102 Å². The van der Waals surface area contributed by atoms with Gasteiger partial charge in [-0.1, -0.05) is 103 Å². The van der Waals surface area contributed by atoms with E-state index in [0.29, 0.717) is 0 Å². The summed E-state index contributed by atoms with van der Waals surface area (Å²) in [4.78, 5) is 5.06. The van der Waals surface area contributed by atoms with Crippen LogP contribution >= 0.6 is 0 Å². The molecule has 0 aliphatic heterocycles. The van der Waals surface area contributed by atoms with E-state index in [4.69, 9.17) is 4.99 Å². The lowest BCUT2D eigenvalue weighted by molar-refractivity contribution is 1.49. The molecule has 5 rings (SSSR count). The Bertz CT molecular complexity index is 1310. The number of nitrogens with one attached hydrogen (secondary N) is 1. The second kappa shape index (κ2) is 7.61. The number of amidine groups is 1. The average Bonchev–Trinajstić information content (AvgIpc) is 2.80. The smallest absolute Gasteiger partial charge is 0.138 e. The van der Waals surface area contributed by atoms with Crippen molar-refractivity contribution in [3.63, 3.8) is 0 Å². The van der Waals surface area contributed by atoms with E-state index < -0.39 is 0 Å². The molecule has 5 aromatic rings. The number of benzene rings is 5. The average molecular weight is 372 g/mol. The van der Waals surface area contributed by atoms with Crippen LogP contribution in [0.2, 0.25) is 0 Å². The van der Waals surface area contributed by atoms with E-state index in [1.54, 1.807) is 0 Å². The lowest BCUT2D eigenvalue weighted by Gasteiger charge is -2.13. The van der Waals surface area contributed by atoms with Gasteiger partial charge in [0, 0.05) is 22.0 Å². The highest BCUT2D eigenvalue weighted by atomic mass is 15.0. The normalized spacial score (nSPS) is 11.7. The largest absolute Gasteiger partial charge is 0.339 e. The quantitative estimate of drug-likeness (QED) is 0.263. The maximum absolute atomic E-state index is 5.06. The molecule has 2 heteroatoms. The highest BCUT2D eigenvalue weighted by molar-refractivity contribution is 6.13. The molecule has 5 aromatic carbocycles. The fourth-order valence-electron chi connectivity index (χ4n) is 3.65. The summed E-state index contributed by atoms with van der Waals surface area (Å²) in [5.74, 6) is 0.832. The summed E-state index contributed by atoms with van der Waals surface area (Å²) >= 11 is 0. The Kier molecular flexibility index (Phi) is 4.51. The number of anilines is 1. The van der Waals surface area contributed by atoms with E-state index in [9.17, 15) is 0 Å². The van der Waals surface area contributed by atoms with Gasteiger partial charge in [-0.2, -0.15) is 0 Å². The van der Waals surface area contributed by atoms with E-state index in [-0.39, 0.29) is 0 Å². The number of hydrogen-bond acceptors (Lipinski definition) is 1. The van der Waals surface area contributed by atoms with Gasteiger partial charge >= 0.3 is 0 Å². The lowest BCUT2D eigenvalue weighted by Crippen LogP contribution is -2.13. The van der Waals surface area contributed by atoms with Gasteiger partial charge in [0.15, 0.2) is 0 Å². The molecule has 29 heavy (non-hydrogen) atoms. The maximum Gasteiger partial charge on any atom is 0.138 e. The van der Waals surface area contributed by atoms with Crippen molar-refractivity contribution in [2.75, 3.05) is 5.32 Å². The molecule has 0 fully saturated rings. The Hall–Kier alpha value is -3.91. The molecule has 0 aromatic heterocycles. The number of nitrogens with zero attached hydrogens (tertiary/aromatic N) is 1. The van der Waals surface area contributed by atoms with Crippen LogP contribution in [0.3, 0.4) is 0 Å². The number of fused-ring (bicyclic) bond motifs is 2. The molecule has 0 spiro atoms. The summed E-state index contributed by atoms with van der Waals surface area (Å²) in [6, 6.07) is 39.6. The third-order valence-corrected chi connectivity index (χ3v) is 5.09. The van der Waals surface area contributed by atoms with Crippen LogP contribution < -0.4 is 5.32 Å². The minimum Gasteiger partial charge on any atom is -0.339 e. The van der Waals surface area contributed by atoms with Gasteiger partial charge in [-0.05, 0) is 22.9 Å². The van der Waals surface area contributed by atoms with Crippen LogP contribution in [0.15, 0.2) is 120 Å². The molecule has 0 bridgehead atoms. The first kappa shape index (κ1) is 17.2. The van der Waals surface area contributed by atoms with Crippen molar-refractivity contribution in [2.45, 2.75) is 0 Å².